The molecule has 0 saturated heterocycles. The predicted octanol–water partition coefficient (Wildman–Crippen LogP) is 5.12. The Morgan fingerprint density at radius 3 is 2.59 bits per heavy atom. The summed E-state index contributed by atoms with van der Waals surface area (Å²) in [6.45, 7) is 3.94. The highest BCUT2D eigenvalue weighted by atomic mass is 32.2. The minimum atomic E-state index is -0.777. The molecule has 0 bridgehead atoms. The number of nitrogens with zero attached hydrogens (tertiary/aromatic N) is 3. The van der Waals surface area contributed by atoms with Gasteiger partial charge in [-0.1, -0.05) is 73.6 Å². The van der Waals surface area contributed by atoms with Crippen LogP contribution >= 0.6 is 11.8 Å². The lowest BCUT2D eigenvalue weighted by Gasteiger charge is -2.32. The largest absolute Gasteiger partial charge is 0.493 e. The van der Waals surface area contributed by atoms with E-state index in [9.17, 15) is 9.59 Å². The molecule has 3 aromatic carbocycles. The van der Waals surface area contributed by atoms with Gasteiger partial charge in [-0.15, -0.1) is 0 Å². The number of aromatic amines is 1. The number of anilines is 1. The first-order valence-corrected chi connectivity index (χ1v) is 13.9. The van der Waals surface area contributed by atoms with Crippen molar-refractivity contribution in [2.75, 3.05) is 17.8 Å². The van der Waals surface area contributed by atoms with E-state index >= 15 is 0 Å². The molecule has 39 heavy (non-hydrogen) atoms. The third-order valence-electron chi connectivity index (χ3n) is 6.57. The molecule has 1 N–H and O–H groups in total. The number of carbonyl (C=O) groups is 1. The van der Waals surface area contributed by atoms with E-state index in [0.29, 0.717) is 45.8 Å². The van der Waals surface area contributed by atoms with Crippen molar-refractivity contribution in [2.45, 2.75) is 44.6 Å². The highest BCUT2D eigenvalue weighted by Gasteiger charge is 2.46. The highest BCUT2D eigenvalue weighted by molar-refractivity contribution is 7.99. The Kier molecular flexibility index (Phi) is 7.97. The molecule has 5 rings (SSSR count). The summed E-state index contributed by atoms with van der Waals surface area (Å²) in [7, 11) is 1.58. The van der Waals surface area contributed by atoms with Crippen LogP contribution in [0.3, 0.4) is 0 Å². The van der Waals surface area contributed by atoms with Crippen molar-refractivity contribution in [1.82, 2.24) is 10.1 Å². The van der Waals surface area contributed by atoms with Crippen molar-refractivity contribution in [3.8, 4) is 22.8 Å². The van der Waals surface area contributed by atoms with E-state index in [1.54, 1.807) is 16.7 Å². The topological polar surface area (TPSA) is 88.4 Å². The number of fused-ring (bicyclic) bond motifs is 3. The van der Waals surface area contributed by atoms with E-state index in [0.717, 1.165) is 24.2 Å². The second kappa shape index (κ2) is 11.7. The molecule has 0 fully saturated rings. The van der Waals surface area contributed by atoms with Crippen molar-refractivity contribution in [3.63, 3.8) is 0 Å². The van der Waals surface area contributed by atoms with Gasteiger partial charge in [0.05, 0.1) is 23.9 Å². The summed E-state index contributed by atoms with van der Waals surface area (Å²) in [5, 5.41) is 5.38. The van der Waals surface area contributed by atoms with Gasteiger partial charge in [-0.2, -0.15) is 0 Å². The Balaban J connectivity index is 1.72. The monoisotopic (exact) mass is 543 g/mol. The maximum Gasteiger partial charge on any atom is 0.325 e. The Labute approximate surface area is 231 Å². The van der Waals surface area contributed by atoms with Crippen LogP contribution in [0.25, 0.3) is 11.3 Å². The number of methoxy groups -OCH3 is 1. The number of H-pyrrole nitrogens is 1. The van der Waals surface area contributed by atoms with Gasteiger partial charge in [0.1, 0.15) is 6.61 Å². The summed E-state index contributed by atoms with van der Waals surface area (Å²) in [6, 6.07) is 22.8. The maximum absolute atomic E-state index is 13.6. The molecule has 0 saturated carbocycles. The molecule has 1 atom stereocenters. The fraction of sp³-hybridized carbons (Fsp3) is 0.267. The molecule has 1 aliphatic heterocycles. The fourth-order valence-electron chi connectivity index (χ4n) is 4.75. The maximum atomic E-state index is 13.6. The molecule has 1 amide bonds. The summed E-state index contributed by atoms with van der Waals surface area (Å²) in [6.07, 6.45) is 1.26. The van der Waals surface area contributed by atoms with Crippen LogP contribution in [-0.2, 0) is 11.4 Å². The molecule has 0 spiro atoms. The number of carbonyl (C=O) groups excluding carboxylic acids is 1. The van der Waals surface area contributed by atoms with Crippen LogP contribution in [0.15, 0.2) is 82.7 Å². The van der Waals surface area contributed by atoms with Gasteiger partial charge in [-0.3, -0.25) is 14.6 Å². The first-order valence-electron chi connectivity index (χ1n) is 12.9. The Bertz CT molecular complexity index is 1540. The number of rotatable bonds is 9. The number of hydrogen-bond acceptors (Lipinski definition) is 6. The van der Waals surface area contributed by atoms with Gasteiger partial charge < -0.3 is 9.47 Å². The standard InChI is InChI=1S/C30H30N4O4S/c1-4-5-18-39-30-31-28(36)26-22-14-9-10-16-24(22)33(20(2)35)29(34(26)32-30)23-15-11-17-25(37-3)27(23)38-19-21-12-7-6-8-13-21/h6-17,29H,4-5,18-19H2,1-3H3/p+1/t29-/m1/s1. The number of unbranched alkanes of at least 4 members (excludes halogenated alkanes) is 1. The molecular weight excluding hydrogens is 512 g/mol. The number of thioether (sulfide) groups is 1. The summed E-state index contributed by atoms with van der Waals surface area (Å²) in [4.78, 5) is 31.5. The smallest absolute Gasteiger partial charge is 0.325 e. The van der Waals surface area contributed by atoms with Gasteiger partial charge in [0, 0.05) is 17.8 Å². The van der Waals surface area contributed by atoms with Gasteiger partial charge >= 0.3 is 11.3 Å². The van der Waals surface area contributed by atoms with Crippen LogP contribution in [0.1, 0.15) is 44.0 Å². The van der Waals surface area contributed by atoms with E-state index in [2.05, 4.69) is 11.9 Å². The van der Waals surface area contributed by atoms with Crippen LogP contribution in [-0.4, -0.2) is 28.9 Å². The van der Waals surface area contributed by atoms with E-state index in [4.69, 9.17) is 14.6 Å². The van der Waals surface area contributed by atoms with Crippen LogP contribution in [0.2, 0.25) is 0 Å². The van der Waals surface area contributed by atoms with E-state index in [1.165, 1.54) is 18.7 Å². The molecule has 8 nitrogen and oxygen atoms in total. The number of para-hydroxylation sites is 2. The first kappa shape index (κ1) is 26.5. The van der Waals surface area contributed by atoms with E-state index in [1.807, 2.05) is 72.8 Å². The summed E-state index contributed by atoms with van der Waals surface area (Å²) in [5.74, 6) is 1.64. The third kappa shape index (κ3) is 5.27. The predicted molar refractivity (Wildman–Crippen MR) is 151 cm³/mol. The molecule has 1 aromatic heterocycles. The fourth-order valence-corrected chi connectivity index (χ4v) is 5.69. The first-order chi connectivity index (χ1) is 19.0. The van der Waals surface area contributed by atoms with Crippen molar-refractivity contribution in [2.24, 2.45) is 0 Å². The number of amides is 1. The zero-order chi connectivity index (χ0) is 27.4. The number of hydrogen-bond donors (Lipinski definition) is 1. The van der Waals surface area contributed by atoms with Gasteiger partial charge in [0.2, 0.25) is 11.1 Å². The average Bonchev–Trinajstić information content (AvgIpc) is 2.95. The molecule has 200 valence electrons. The van der Waals surface area contributed by atoms with Crippen molar-refractivity contribution < 1.29 is 19.0 Å². The minimum Gasteiger partial charge on any atom is -0.493 e. The summed E-state index contributed by atoms with van der Waals surface area (Å²) < 4.78 is 13.7. The van der Waals surface area contributed by atoms with Crippen molar-refractivity contribution in [3.05, 3.63) is 94.3 Å². The van der Waals surface area contributed by atoms with Crippen molar-refractivity contribution in [1.29, 1.82) is 0 Å². The van der Waals surface area contributed by atoms with Crippen LogP contribution < -0.4 is 24.6 Å². The number of aromatic nitrogens is 3. The lowest BCUT2D eigenvalue weighted by Crippen LogP contribution is -2.60. The highest BCUT2D eigenvalue weighted by Crippen LogP contribution is 2.42. The Morgan fingerprint density at radius 1 is 1.08 bits per heavy atom. The number of ether oxygens (including phenoxy) is 2. The number of nitrogens with one attached hydrogen (secondary N) is 1. The van der Waals surface area contributed by atoms with Crippen molar-refractivity contribution >= 4 is 23.4 Å². The molecule has 9 heteroatoms. The van der Waals surface area contributed by atoms with Gasteiger partial charge in [-0.05, 0) is 40.9 Å². The summed E-state index contributed by atoms with van der Waals surface area (Å²) >= 11 is 1.49. The molecule has 4 aromatic rings. The molecular formula is C30H31N4O4S+. The van der Waals surface area contributed by atoms with Crippen LogP contribution in [0.5, 0.6) is 11.5 Å². The average molecular weight is 544 g/mol. The SMILES string of the molecule is CCCCSc1n[n+]2c(c(=O)[nH]1)-c1ccccc1N(C(C)=O)[C@H]2c1cccc(OC)c1OCc1ccccc1. The second-order valence-electron chi connectivity index (χ2n) is 9.19. The molecule has 0 radical (unpaired) electrons. The van der Waals surface area contributed by atoms with Crippen LogP contribution in [0.4, 0.5) is 5.69 Å². The second-order valence-corrected chi connectivity index (χ2v) is 10.3. The van der Waals surface area contributed by atoms with Crippen LogP contribution in [0, 0.1) is 0 Å². The van der Waals surface area contributed by atoms with E-state index in [-0.39, 0.29) is 11.5 Å². The van der Waals surface area contributed by atoms with Gasteiger partial charge in [-0.25, -0.2) is 4.90 Å². The van der Waals surface area contributed by atoms with Gasteiger partial charge in [0.25, 0.3) is 6.17 Å². The lowest BCUT2D eigenvalue weighted by molar-refractivity contribution is -0.763. The zero-order valence-electron chi connectivity index (χ0n) is 22.2. The van der Waals surface area contributed by atoms with Gasteiger partial charge in [0.15, 0.2) is 11.5 Å². The quantitative estimate of drug-likeness (QED) is 0.179. The lowest BCUT2D eigenvalue weighted by atomic mass is 10.0. The molecule has 2 heterocycles. The normalized spacial score (nSPS) is 13.9. The molecule has 0 aliphatic carbocycles. The Hall–Kier alpha value is -4.11. The zero-order valence-corrected chi connectivity index (χ0v) is 23.0. The Morgan fingerprint density at radius 2 is 1.85 bits per heavy atom. The number of benzene rings is 3. The molecule has 1 aliphatic rings. The third-order valence-corrected chi connectivity index (χ3v) is 7.52. The summed E-state index contributed by atoms with van der Waals surface area (Å²) in [5.41, 5.74) is 3.03. The molecule has 0 unspecified atom stereocenters. The minimum absolute atomic E-state index is 0.190. The van der Waals surface area contributed by atoms with E-state index < -0.39 is 6.17 Å².